The van der Waals surface area contributed by atoms with E-state index in [0.29, 0.717) is 34.1 Å². The Balaban J connectivity index is 1.83. The van der Waals surface area contributed by atoms with E-state index in [-0.39, 0.29) is 24.8 Å². The first kappa shape index (κ1) is 27.4. The van der Waals surface area contributed by atoms with Crippen LogP contribution < -0.4 is 0 Å². The number of amides is 2. The van der Waals surface area contributed by atoms with Crippen molar-refractivity contribution in [1.29, 1.82) is 0 Å². The third kappa shape index (κ3) is 6.26. The van der Waals surface area contributed by atoms with Gasteiger partial charge in [-0.1, -0.05) is 77.8 Å². The van der Waals surface area contributed by atoms with Crippen molar-refractivity contribution < 1.29 is 19.5 Å². The normalized spacial score (nSPS) is 16.7. The average molecular weight is 551 g/mol. The highest BCUT2D eigenvalue weighted by molar-refractivity contribution is 6.30. The van der Waals surface area contributed by atoms with Crippen LogP contribution in [0.5, 0.6) is 0 Å². The molecule has 0 bridgehead atoms. The molecule has 1 aliphatic rings. The van der Waals surface area contributed by atoms with Gasteiger partial charge in [-0.25, -0.2) is 0 Å². The second-order valence-electron chi connectivity index (χ2n) is 9.16. The van der Waals surface area contributed by atoms with Gasteiger partial charge in [-0.15, -0.1) is 0 Å². The molecular formula is C30H28Cl2N2O4. The molecule has 196 valence electrons. The van der Waals surface area contributed by atoms with Crippen LogP contribution in [0.25, 0.3) is 5.70 Å². The van der Waals surface area contributed by atoms with Gasteiger partial charge in [0.05, 0.1) is 11.7 Å². The van der Waals surface area contributed by atoms with E-state index in [1.54, 1.807) is 46.2 Å². The molecule has 3 aromatic carbocycles. The predicted octanol–water partition coefficient (Wildman–Crippen LogP) is 6.76. The van der Waals surface area contributed by atoms with Crippen molar-refractivity contribution in [2.45, 2.75) is 38.3 Å². The summed E-state index contributed by atoms with van der Waals surface area (Å²) in [5.41, 5.74) is 2.68. The van der Waals surface area contributed by atoms with Crippen LogP contribution >= 0.6 is 23.2 Å². The Hall–Kier alpha value is -3.61. The van der Waals surface area contributed by atoms with E-state index in [1.807, 2.05) is 49.4 Å². The minimum Gasteiger partial charge on any atom is -0.481 e. The Kier molecular flexibility index (Phi) is 8.87. The Bertz CT molecular complexity index is 1320. The molecule has 4 rings (SSSR count). The first-order valence-corrected chi connectivity index (χ1v) is 13.2. The summed E-state index contributed by atoms with van der Waals surface area (Å²) in [5, 5.41) is 10.2. The molecule has 1 heterocycles. The van der Waals surface area contributed by atoms with Gasteiger partial charge in [0.1, 0.15) is 6.04 Å². The zero-order chi connectivity index (χ0) is 27.2. The van der Waals surface area contributed by atoms with Crippen LogP contribution in [0.3, 0.4) is 0 Å². The van der Waals surface area contributed by atoms with Crippen LogP contribution in [0, 0.1) is 0 Å². The molecule has 0 radical (unpaired) electrons. The number of carbonyl (C=O) groups is 3. The monoisotopic (exact) mass is 550 g/mol. The summed E-state index contributed by atoms with van der Waals surface area (Å²) in [6, 6.07) is 22.0. The van der Waals surface area contributed by atoms with Crippen molar-refractivity contribution in [3.8, 4) is 0 Å². The van der Waals surface area contributed by atoms with Gasteiger partial charge < -0.3 is 14.9 Å². The lowest BCUT2D eigenvalue weighted by Crippen LogP contribution is -2.43. The lowest BCUT2D eigenvalue weighted by Gasteiger charge is -2.36. The highest BCUT2D eigenvalue weighted by Crippen LogP contribution is 2.38. The summed E-state index contributed by atoms with van der Waals surface area (Å²) < 4.78 is 0. The number of hydrogen-bond acceptors (Lipinski definition) is 3. The average Bonchev–Trinajstić information content (AvgIpc) is 3.01. The topological polar surface area (TPSA) is 77.9 Å². The molecule has 0 saturated heterocycles. The summed E-state index contributed by atoms with van der Waals surface area (Å²) in [4.78, 5) is 42.7. The fourth-order valence-corrected chi connectivity index (χ4v) is 4.92. The van der Waals surface area contributed by atoms with Crippen LogP contribution in [-0.2, 0) is 14.4 Å². The first-order chi connectivity index (χ1) is 18.3. The van der Waals surface area contributed by atoms with Crippen molar-refractivity contribution in [3.05, 3.63) is 112 Å². The minimum absolute atomic E-state index is 0.00564. The van der Waals surface area contributed by atoms with E-state index >= 15 is 0 Å². The van der Waals surface area contributed by atoms with Crippen molar-refractivity contribution >= 4 is 46.7 Å². The number of carboxylic acid groups (broad SMARTS) is 1. The van der Waals surface area contributed by atoms with E-state index in [0.717, 1.165) is 11.1 Å². The molecule has 0 aromatic heterocycles. The molecular weight excluding hydrogens is 523 g/mol. The number of carbonyl (C=O) groups excluding carboxylic acids is 2. The summed E-state index contributed by atoms with van der Waals surface area (Å²) in [5.74, 6) is -1.47. The second kappa shape index (κ2) is 12.3. The van der Waals surface area contributed by atoms with Crippen molar-refractivity contribution in [2.24, 2.45) is 0 Å². The molecule has 38 heavy (non-hydrogen) atoms. The summed E-state index contributed by atoms with van der Waals surface area (Å²) >= 11 is 12.3. The van der Waals surface area contributed by atoms with Gasteiger partial charge in [0.25, 0.3) is 5.91 Å². The van der Waals surface area contributed by atoms with E-state index in [1.165, 1.54) is 6.08 Å². The zero-order valence-electron chi connectivity index (χ0n) is 20.9. The Morgan fingerprint density at radius 3 is 2.11 bits per heavy atom. The van der Waals surface area contributed by atoms with Crippen molar-refractivity contribution in [3.63, 3.8) is 0 Å². The van der Waals surface area contributed by atoms with Crippen molar-refractivity contribution in [1.82, 2.24) is 9.80 Å². The Morgan fingerprint density at radius 1 is 0.895 bits per heavy atom. The number of benzene rings is 3. The van der Waals surface area contributed by atoms with E-state index in [9.17, 15) is 14.4 Å². The SMILES string of the molecule is C[C@H](c1ccc(Cl)cc1)N1C(=O)C=C(c2ccccc2)N(CCCCC(=O)O)C(=O)C1c1ccc(Cl)cc1. The van der Waals surface area contributed by atoms with Crippen LogP contribution in [0.1, 0.15) is 55.0 Å². The molecule has 1 unspecified atom stereocenters. The quantitative estimate of drug-likeness (QED) is 0.298. The zero-order valence-corrected chi connectivity index (χ0v) is 22.4. The van der Waals surface area contributed by atoms with Gasteiger partial charge in [-0.2, -0.15) is 0 Å². The minimum atomic E-state index is -0.928. The van der Waals surface area contributed by atoms with Gasteiger partial charge in [-0.3, -0.25) is 14.4 Å². The van der Waals surface area contributed by atoms with Crippen LogP contribution in [0.15, 0.2) is 84.9 Å². The largest absolute Gasteiger partial charge is 0.481 e. The molecule has 1 N–H and O–H groups in total. The number of carboxylic acids is 1. The fourth-order valence-electron chi connectivity index (χ4n) is 4.67. The maximum absolute atomic E-state index is 14.4. The number of rotatable bonds is 9. The summed E-state index contributed by atoms with van der Waals surface area (Å²) in [6.07, 6.45) is 2.39. The van der Waals surface area contributed by atoms with E-state index in [2.05, 4.69) is 0 Å². The predicted molar refractivity (Wildman–Crippen MR) is 149 cm³/mol. The maximum Gasteiger partial charge on any atom is 0.303 e. The Labute approximate surface area is 232 Å². The van der Waals surface area contributed by atoms with Gasteiger partial charge in [0.2, 0.25) is 5.91 Å². The van der Waals surface area contributed by atoms with Gasteiger partial charge >= 0.3 is 5.97 Å². The molecule has 1 aliphatic heterocycles. The lowest BCUT2D eigenvalue weighted by molar-refractivity contribution is -0.142. The first-order valence-electron chi connectivity index (χ1n) is 12.4. The van der Waals surface area contributed by atoms with E-state index in [4.69, 9.17) is 28.3 Å². The van der Waals surface area contributed by atoms with Crippen LogP contribution in [0.4, 0.5) is 0 Å². The lowest BCUT2D eigenvalue weighted by atomic mass is 9.99. The fraction of sp³-hybridized carbons (Fsp3) is 0.233. The standard InChI is InChI=1S/C30H28Cl2N2O4/c1-20(21-10-14-24(31)15-11-21)34-27(35)19-26(22-7-3-2-4-8-22)33(18-6-5-9-28(36)37)30(38)29(34)23-12-16-25(32)17-13-23/h2-4,7-8,10-17,19-20,29H,5-6,9,18H2,1H3,(H,36,37)/t20-,29?/m1/s1. The molecule has 3 aromatic rings. The van der Waals surface area contributed by atoms with Gasteiger partial charge in [0.15, 0.2) is 0 Å². The number of nitrogens with zero attached hydrogens (tertiary/aromatic N) is 2. The third-order valence-corrected chi connectivity index (χ3v) is 7.13. The highest BCUT2D eigenvalue weighted by atomic mass is 35.5. The molecule has 2 amide bonds. The van der Waals surface area contributed by atoms with Gasteiger partial charge in [0, 0.05) is 29.1 Å². The highest BCUT2D eigenvalue weighted by Gasteiger charge is 2.41. The molecule has 8 heteroatoms. The maximum atomic E-state index is 14.4. The van der Waals surface area contributed by atoms with Crippen molar-refractivity contribution in [2.75, 3.05) is 6.54 Å². The summed E-state index contributed by atoms with van der Waals surface area (Å²) in [6.45, 7) is 2.16. The number of hydrogen-bond donors (Lipinski definition) is 1. The molecule has 0 spiro atoms. The third-order valence-electron chi connectivity index (χ3n) is 6.63. The molecule has 0 fully saturated rings. The number of aliphatic carboxylic acids is 1. The molecule has 0 saturated carbocycles. The smallest absolute Gasteiger partial charge is 0.303 e. The summed E-state index contributed by atoms with van der Waals surface area (Å²) in [7, 11) is 0. The molecule has 6 nitrogen and oxygen atoms in total. The molecule has 2 atom stereocenters. The van der Waals surface area contributed by atoms with Crippen LogP contribution in [-0.4, -0.2) is 39.2 Å². The van der Waals surface area contributed by atoms with Crippen LogP contribution in [0.2, 0.25) is 10.0 Å². The number of unbranched alkanes of at least 4 members (excludes halogenated alkanes) is 1. The van der Waals surface area contributed by atoms with Gasteiger partial charge in [-0.05, 0) is 60.7 Å². The Morgan fingerprint density at radius 2 is 1.50 bits per heavy atom. The molecule has 0 aliphatic carbocycles. The van der Waals surface area contributed by atoms with E-state index < -0.39 is 18.1 Å². The number of halogens is 2. The second-order valence-corrected chi connectivity index (χ2v) is 10.0.